The third-order valence-electron chi connectivity index (χ3n) is 4.37. The Morgan fingerprint density at radius 1 is 1.30 bits per heavy atom. The summed E-state index contributed by atoms with van der Waals surface area (Å²) in [6.07, 6.45) is 6.76. The molecule has 112 valence electrons. The smallest absolute Gasteiger partial charge is 0.326 e. The number of likely N-dealkylation sites (tertiary alicyclic amines) is 1. The lowest BCUT2D eigenvalue weighted by molar-refractivity contribution is -0.141. The number of hydrogen-bond donors (Lipinski definition) is 2. The maximum absolute atomic E-state index is 12.3. The number of nitrogens with one attached hydrogen (secondary N) is 1. The minimum Gasteiger partial charge on any atom is -0.480 e. The number of carbonyl (C=O) groups is 2. The van der Waals surface area contributed by atoms with Crippen molar-refractivity contribution in [2.24, 2.45) is 5.92 Å². The zero-order valence-corrected chi connectivity index (χ0v) is 12.3. The van der Waals surface area contributed by atoms with Crippen LogP contribution >= 0.6 is 0 Å². The van der Waals surface area contributed by atoms with Crippen LogP contribution < -0.4 is 5.32 Å². The van der Waals surface area contributed by atoms with Crippen molar-refractivity contribution in [2.75, 3.05) is 6.54 Å². The number of rotatable bonds is 3. The molecule has 2 amide bonds. The molecule has 20 heavy (non-hydrogen) atoms. The zero-order valence-electron chi connectivity index (χ0n) is 12.3. The summed E-state index contributed by atoms with van der Waals surface area (Å²) in [4.78, 5) is 25.3. The number of fused-ring (bicyclic) bond motifs is 1. The monoisotopic (exact) mass is 280 g/mol. The van der Waals surface area contributed by atoms with E-state index in [1.165, 1.54) is 0 Å². The molecule has 1 aliphatic heterocycles. The Kier molecular flexibility index (Phi) is 4.68. The topological polar surface area (TPSA) is 69.6 Å². The Labute approximate surface area is 120 Å². The van der Waals surface area contributed by atoms with E-state index >= 15 is 0 Å². The van der Waals surface area contributed by atoms with E-state index in [4.69, 9.17) is 0 Å². The second-order valence-electron chi connectivity index (χ2n) is 6.08. The first-order valence-corrected chi connectivity index (χ1v) is 7.43. The molecule has 0 radical (unpaired) electrons. The minimum absolute atomic E-state index is 0.108. The number of nitrogens with zero attached hydrogens (tertiary/aromatic N) is 1. The fourth-order valence-electron chi connectivity index (χ4n) is 3.41. The van der Waals surface area contributed by atoms with Crippen LogP contribution in [0.2, 0.25) is 0 Å². The molecule has 1 aliphatic carbocycles. The predicted octanol–water partition coefficient (Wildman–Crippen LogP) is 2.38. The van der Waals surface area contributed by atoms with Crippen LogP contribution in [0.5, 0.6) is 0 Å². The van der Waals surface area contributed by atoms with Crippen LogP contribution in [0.25, 0.3) is 0 Å². The van der Waals surface area contributed by atoms with Crippen molar-refractivity contribution in [3.8, 4) is 0 Å². The van der Waals surface area contributed by atoms with Gasteiger partial charge in [-0.1, -0.05) is 24.5 Å². The predicted molar refractivity (Wildman–Crippen MR) is 76.5 cm³/mol. The summed E-state index contributed by atoms with van der Waals surface area (Å²) in [5.41, 5.74) is 1.14. The van der Waals surface area contributed by atoms with E-state index < -0.39 is 12.0 Å². The van der Waals surface area contributed by atoms with Crippen LogP contribution in [0, 0.1) is 5.92 Å². The van der Waals surface area contributed by atoms with Crippen molar-refractivity contribution >= 4 is 12.0 Å². The molecule has 0 aromatic carbocycles. The van der Waals surface area contributed by atoms with E-state index in [-0.39, 0.29) is 12.1 Å². The lowest BCUT2D eigenvalue weighted by Crippen LogP contribution is -2.50. The molecule has 3 unspecified atom stereocenters. The molecule has 0 bridgehead atoms. The second kappa shape index (κ2) is 6.29. The molecule has 2 rings (SSSR count). The number of hydrogen-bond acceptors (Lipinski definition) is 2. The average Bonchev–Trinajstić information content (AvgIpc) is 2.77. The molecule has 2 fully saturated rings. The molecule has 5 nitrogen and oxygen atoms in total. The van der Waals surface area contributed by atoms with Crippen molar-refractivity contribution < 1.29 is 14.7 Å². The quantitative estimate of drug-likeness (QED) is 0.780. The van der Waals surface area contributed by atoms with E-state index in [1.54, 1.807) is 4.90 Å². The maximum atomic E-state index is 12.3. The molecule has 1 saturated carbocycles. The molecular formula is C15H24N2O3. The highest BCUT2D eigenvalue weighted by atomic mass is 16.4. The number of carbonyl (C=O) groups excluding carboxylic acids is 1. The van der Waals surface area contributed by atoms with E-state index in [2.05, 4.69) is 5.32 Å². The Hall–Kier alpha value is -1.52. The van der Waals surface area contributed by atoms with E-state index in [1.807, 2.05) is 19.9 Å². The number of aliphatic carboxylic acids is 1. The second-order valence-corrected chi connectivity index (χ2v) is 6.08. The summed E-state index contributed by atoms with van der Waals surface area (Å²) in [6, 6.07) is -0.782. The molecule has 1 saturated heterocycles. The molecule has 0 aromatic heterocycles. The average molecular weight is 280 g/mol. The van der Waals surface area contributed by atoms with E-state index in [0.717, 1.165) is 31.3 Å². The largest absolute Gasteiger partial charge is 0.480 e. The van der Waals surface area contributed by atoms with E-state index in [0.29, 0.717) is 18.9 Å². The van der Waals surface area contributed by atoms with Crippen molar-refractivity contribution in [3.05, 3.63) is 11.6 Å². The molecular weight excluding hydrogens is 256 g/mol. The van der Waals surface area contributed by atoms with Crippen LogP contribution in [-0.2, 0) is 4.79 Å². The zero-order chi connectivity index (χ0) is 14.7. The lowest BCUT2D eigenvalue weighted by atomic mass is 9.85. The van der Waals surface area contributed by atoms with Crippen LogP contribution in [0.15, 0.2) is 11.6 Å². The van der Waals surface area contributed by atoms with Gasteiger partial charge in [0.05, 0.1) is 0 Å². The van der Waals surface area contributed by atoms with Gasteiger partial charge >= 0.3 is 12.0 Å². The standard InChI is InChI=1S/C15H24N2O3/c1-10(2)7-8-16-15(20)17-12-6-4-3-5-11(12)9-13(17)14(18)19/h7,11-13H,3-6,8-9H2,1-2H3,(H,16,20)(H,18,19). The van der Waals surface area contributed by atoms with Gasteiger partial charge in [-0.25, -0.2) is 9.59 Å². The fourth-order valence-corrected chi connectivity index (χ4v) is 3.41. The lowest BCUT2D eigenvalue weighted by Gasteiger charge is -2.32. The van der Waals surface area contributed by atoms with Crippen LogP contribution in [0.3, 0.4) is 0 Å². The van der Waals surface area contributed by atoms with Crippen LogP contribution in [0.4, 0.5) is 4.79 Å². The normalized spacial score (nSPS) is 28.7. The van der Waals surface area contributed by atoms with Gasteiger partial charge < -0.3 is 15.3 Å². The van der Waals surface area contributed by atoms with Gasteiger partial charge in [0.2, 0.25) is 0 Å². The van der Waals surface area contributed by atoms with Crippen molar-refractivity contribution in [1.29, 1.82) is 0 Å². The van der Waals surface area contributed by atoms with Crippen molar-refractivity contribution in [2.45, 2.75) is 58.0 Å². The summed E-state index contributed by atoms with van der Waals surface area (Å²) < 4.78 is 0. The van der Waals surface area contributed by atoms with E-state index in [9.17, 15) is 14.7 Å². The number of carboxylic acids is 1. The summed E-state index contributed by atoms with van der Waals surface area (Å²) in [7, 11) is 0. The molecule has 5 heteroatoms. The Balaban J connectivity index is 2.06. The summed E-state index contributed by atoms with van der Waals surface area (Å²) >= 11 is 0. The Morgan fingerprint density at radius 3 is 2.65 bits per heavy atom. The SMILES string of the molecule is CC(C)=CCNC(=O)N1C(C(=O)O)CC2CCCCC21. The maximum Gasteiger partial charge on any atom is 0.326 e. The Bertz CT molecular complexity index is 415. The van der Waals surface area contributed by atoms with Gasteiger partial charge in [-0.2, -0.15) is 0 Å². The fraction of sp³-hybridized carbons (Fsp3) is 0.733. The summed E-state index contributed by atoms with van der Waals surface area (Å²) in [5.74, 6) is -0.518. The molecule has 0 aromatic rings. The van der Waals surface area contributed by atoms with Gasteiger partial charge in [-0.3, -0.25) is 0 Å². The van der Waals surface area contributed by atoms with Crippen LogP contribution in [-0.4, -0.2) is 40.6 Å². The highest BCUT2D eigenvalue weighted by molar-refractivity contribution is 5.83. The molecule has 0 spiro atoms. The molecule has 2 aliphatic rings. The molecule has 2 N–H and O–H groups in total. The number of allylic oxidation sites excluding steroid dienone is 1. The van der Waals surface area contributed by atoms with Crippen molar-refractivity contribution in [3.63, 3.8) is 0 Å². The van der Waals surface area contributed by atoms with Gasteiger partial charge in [0.25, 0.3) is 0 Å². The van der Waals surface area contributed by atoms with Gasteiger partial charge in [-0.15, -0.1) is 0 Å². The first-order chi connectivity index (χ1) is 9.50. The Morgan fingerprint density at radius 2 is 2.00 bits per heavy atom. The van der Waals surface area contributed by atoms with Gasteiger partial charge in [0.15, 0.2) is 0 Å². The van der Waals surface area contributed by atoms with Crippen LogP contribution in [0.1, 0.15) is 46.0 Å². The highest BCUT2D eigenvalue weighted by Crippen LogP contribution is 2.39. The first kappa shape index (κ1) is 14.9. The summed E-state index contributed by atoms with van der Waals surface area (Å²) in [6.45, 7) is 4.40. The highest BCUT2D eigenvalue weighted by Gasteiger charge is 2.47. The van der Waals surface area contributed by atoms with Crippen molar-refractivity contribution in [1.82, 2.24) is 10.2 Å². The van der Waals surface area contributed by atoms with Gasteiger partial charge in [0.1, 0.15) is 6.04 Å². The number of amides is 2. The first-order valence-electron chi connectivity index (χ1n) is 7.43. The summed E-state index contributed by atoms with van der Waals surface area (Å²) in [5, 5.41) is 12.2. The third-order valence-corrected chi connectivity index (χ3v) is 4.37. The number of urea groups is 1. The van der Waals surface area contributed by atoms with Gasteiger partial charge in [0, 0.05) is 12.6 Å². The van der Waals surface area contributed by atoms with Gasteiger partial charge in [-0.05, 0) is 39.0 Å². The minimum atomic E-state index is -0.878. The molecule has 3 atom stereocenters. The number of carboxylic acid groups (broad SMARTS) is 1. The molecule has 1 heterocycles. The third kappa shape index (κ3) is 3.14.